The Morgan fingerprint density at radius 3 is 2.31 bits per heavy atom. The molecule has 1 unspecified atom stereocenters. The van der Waals surface area contributed by atoms with Crippen LogP contribution in [0.25, 0.3) is 0 Å². The van der Waals surface area contributed by atoms with Crippen molar-refractivity contribution in [2.75, 3.05) is 0 Å². The summed E-state index contributed by atoms with van der Waals surface area (Å²) in [7, 11) is 0. The third-order valence-corrected chi connectivity index (χ3v) is 4.36. The molecule has 5 heteroatoms. The summed E-state index contributed by atoms with van der Waals surface area (Å²) in [5.74, 6) is 10.4. The third kappa shape index (κ3) is 5.80. The Balaban J connectivity index is 1.89. The number of nitrogens with two attached hydrogens (primary N) is 1. The Kier molecular flexibility index (Phi) is 6.77. The van der Waals surface area contributed by atoms with E-state index in [1.807, 2.05) is 78.9 Å². The summed E-state index contributed by atoms with van der Waals surface area (Å²) in [6.45, 7) is 0. The van der Waals surface area contributed by atoms with E-state index in [0.29, 0.717) is 0 Å². The van der Waals surface area contributed by atoms with E-state index in [0.717, 1.165) is 27.9 Å². The molecule has 0 spiro atoms. The number of benzene rings is 3. The molecule has 0 saturated heterocycles. The normalized spacial score (nSPS) is 11.5. The van der Waals surface area contributed by atoms with Crippen LogP contribution in [0, 0.1) is 11.8 Å². The molecule has 0 aromatic heterocycles. The minimum Gasteiger partial charge on any atom is -0.481 e. The van der Waals surface area contributed by atoms with E-state index in [1.54, 1.807) is 0 Å². The highest BCUT2D eigenvalue weighted by atomic mass is 16.4. The zero-order valence-electron chi connectivity index (χ0n) is 15.7. The van der Waals surface area contributed by atoms with E-state index in [9.17, 15) is 9.90 Å². The van der Waals surface area contributed by atoms with Gasteiger partial charge in [0, 0.05) is 17.0 Å². The number of hydrogen-bond acceptors (Lipinski definition) is 3. The molecule has 3 aromatic carbocycles. The fourth-order valence-electron chi connectivity index (χ4n) is 3.04. The monoisotopic (exact) mass is 383 g/mol. The van der Waals surface area contributed by atoms with Gasteiger partial charge in [-0.3, -0.25) is 4.79 Å². The molecule has 5 nitrogen and oxygen atoms in total. The molecule has 29 heavy (non-hydrogen) atoms. The lowest BCUT2D eigenvalue weighted by Gasteiger charge is -2.16. The summed E-state index contributed by atoms with van der Waals surface area (Å²) in [6.07, 6.45) is 1.43. The molecular weight excluding hydrogens is 362 g/mol. The van der Waals surface area contributed by atoms with Gasteiger partial charge in [-0.05, 0) is 41.5 Å². The number of aliphatic imine (C=N–C) groups is 1. The number of carboxylic acids is 1. The molecule has 3 aromatic rings. The Morgan fingerprint density at radius 2 is 1.62 bits per heavy atom. The van der Waals surface area contributed by atoms with Gasteiger partial charge in [0.15, 0.2) is 0 Å². The second kappa shape index (κ2) is 9.88. The van der Waals surface area contributed by atoms with Gasteiger partial charge in [-0.2, -0.15) is 0 Å². The molecule has 144 valence electrons. The zero-order chi connectivity index (χ0) is 20.5. The summed E-state index contributed by atoms with van der Waals surface area (Å²) in [5, 5.41) is 9.36. The largest absolute Gasteiger partial charge is 0.481 e. The lowest BCUT2D eigenvalue weighted by molar-refractivity contribution is -0.137. The molecule has 0 fully saturated rings. The molecular formula is C24H21N3O2. The highest BCUT2D eigenvalue weighted by Gasteiger charge is 2.17. The molecule has 0 radical (unpaired) electrons. The highest BCUT2D eigenvalue weighted by Crippen LogP contribution is 2.28. The predicted octanol–water partition coefficient (Wildman–Crippen LogP) is 3.82. The first-order valence-electron chi connectivity index (χ1n) is 9.13. The van der Waals surface area contributed by atoms with Crippen LogP contribution in [0.1, 0.15) is 34.6 Å². The molecule has 0 saturated carbocycles. The van der Waals surface area contributed by atoms with Crippen molar-refractivity contribution >= 4 is 18.0 Å². The first-order chi connectivity index (χ1) is 14.2. The SMILES string of the molecule is NNC=Nc1cccc(C#Cc2cccc(C(CC(=O)O)c3ccccc3)c2)c1. The maximum atomic E-state index is 11.4. The van der Waals surface area contributed by atoms with E-state index in [4.69, 9.17) is 5.84 Å². The Hall–Kier alpha value is -3.88. The van der Waals surface area contributed by atoms with E-state index >= 15 is 0 Å². The number of aliphatic carboxylic acids is 1. The molecule has 0 aliphatic rings. The van der Waals surface area contributed by atoms with Gasteiger partial charge in [-0.15, -0.1) is 0 Å². The smallest absolute Gasteiger partial charge is 0.304 e. The summed E-state index contributed by atoms with van der Waals surface area (Å²) in [4.78, 5) is 15.6. The van der Waals surface area contributed by atoms with Crippen LogP contribution < -0.4 is 11.3 Å². The molecule has 1 atom stereocenters. The molecule has 0 heterocycles. The molecule has 0 bridgehead atoms. The van der Waals surface area contributed by atoms with Gasteiger partial charge in [-0.1, -0.05) is 60.4 Å². The number of nitrogens with zero attached hydrogens (tertiary/aromatic N) is 1. The van der Waals surface area contributed by atoms with Crippen molar-refractivity contribution in [3.05, 3.63) is 101 Å². The lowest BCUT2D eigenvalue weighted by atomic mass is 9.88. The van der Waals surface area contributed by atoms with Crippen molar-refractivity contribution in [1.82, 2.24) is 5.43 Å². The Bertz CT molecular complexity index is 1070. The van der Waals surface area contributed by atoms with Crippen molar-refractivity contribution in [2.45, 2.75) is 12.3 Å². The van der Waals surface area contributed by atoms with Crippen LogP contribution in [0.3, 0.4) is 0 Å². The van der Waals surface area contributed by atoms with Gasteiger partial charge >= 0.3 is 5.97 Å². The number of nitrogens with one attached hydrogen (secondary N) is 1. The van der Waals surface area contributed by atoms with Gasteiger partial charge in [0.05, 0.1) is 12.1 Å². The number of hydrazine groups is 1. The standard InChI is InChI=1S/C24H21N3O2/c25-27-17-26-22-11-5-7-19(15-22)13-12-18-6-4-10-21(14-18)23(16-24(28)29)20-8-2-1-3-9-20/h1-11,14-15,17,23H,16,25H2,(H,26,27)(H,28,29). The van der Waals surface area contributed by atoms with Crippen molar-refractivity contribution in [2.24, 2.45) is 10.8 Å². The topological polar surface area (TPSA) is 87.7 Å². The van der Waals surface area contributed by atoms with Crippen molar-refractivity contribution in [1.29, 1.82) is 0 Å². The van der Waals surface area contributed by atoms with Gasteiger partial charge in [0.1, 0.15) is 6.34 Å². The maximum Gasteiger partial charge on any atom is 0.304 e. The number of carbonyl (C=O) groups is 1. The third-order valence-electron chi connectivity index (χ3n) is 4.36. The van der Waals surface area contributed by atoms with E-state index in [1.165, 1.54) is 6.34 Å². The average molecular weight is 383 g/mol. The number of carboxylic acid groups (broad SMARTS) is 1. The van der Waals surface area contributed by atoms with Crippen LogP contribution in [-0.2, 0) is 4.79 Å². The highest BCUT2D eigenvalue weighted by molar-refractivity contribution is 5.69. The van der Waals surface area contributed by atoms with Crippen LogP contribution in [0.4, 0.5) is 5.69 Å². The fourth-order valence-corrected chi connectivity index (χ4v) is 3.04. The lowest BCUT2D eigenvalue weighted by Crippen LogP contribution is -2.18. The molecule has 0 amide bonds. The molecule has 4 N–H and O–H groups in total. The van der Waals surface area contributed by atoms with Gasteiger partial charge in [0.2, 0.25) is 0 Å². The van der Waals surface area contributed by atoms with Gasteiger partial charge < -0.3 is 10.5 Å². The molecule has 0 aliphatic carbocycles. The number of rotatable bonds is 6. The van der Waals surface area contributed by atoms with Crippen molar-refractivity contribution < 1.29 is 9.90 Å². The average Bonchev–Trinajstić information content (AvgIpc) is 2.75. The molecule has 3 rings (SSSR count). The van der Waals surface area contributed by atoms with Gasteiger partial charge in [-0.25, -0.2) is 10.8 Å². The second-order valence-corrected chi connectivity index (χ2v) is 6.41. The second-order valence-electron chi connectivity index (χ2n) is 6.41. The fraction of sp³-hybridized carbons (Fsp3) is 0.0833. The first kappa shape index (κ1) is 19.9. The number of hydrogen-bond donors (Lipinski definition) is 3. The summed E-state index contributed by atoms with van der Waals surface area (Å²) < 4.78 is 0. The minimum atomic E-state index is -0.834. The summed E-state index contributed by atoms with van der Waals surface area (Å²) in [5.41, 5.74) is 6.66. The minimum absolute atomic E-state index is 0.0239. The molecule has 0 aliphatic heterocycles. The first-order valence-corrected chi connectivity index (χ1v) is 9.13. The van der Waals surface area contributed by atoms with Crippen LogP contribution in [-0.4, -0.2) is 17.4 Å². The van der Waals surface area contributed by atoms with E-state index in [2.05, 4.69) is 22.3 Å². The quantitative estimate of drug-likeness (QED) is 0.199. The predicted molar refractivity (Wildman–Crippen MR) is 115 cm³/mol. The van der Waals surface area contributed by atoms with Gasteiger partial charge in [0.25, 0.3) is 0 Å². The van der Waals surface area contributed by atoms with Crippen LogP contribution in [0.2, 0.25) is 0 Å². The Labute approximate surface area is 169 Å². The van der Waals surface area contributed by atoms with Crippen molar-refractivity contribution in [3.63, 3.8) is 0 Å². The summed E-state index contributed by atoms with van der Waals surface area (Å²) in [6, 6.07) is 24.9. The van der Waals surface area contributed by atoms with Crippen LogP contribution in [0.15, 0.2) is 83.9 Å². The van der Waals surface area contributed by atoms with Crippen molar-refractivity contribution in [3.8, 4) is 11.8 Å². The Morgan fingerprint density at radius 1 is 0.966 bits per heavy atom. The summed E-state index contributed by atoms with van der Waals surface area (Å²) >= 11 is 0. The van der Waals surface area contributed by atoms with Crippen LogP contribution in [0.5, 0.6) is 0 Å². The van der Waals surface area contributed by atoms with Crippen LogP contribution >= 0.6 is 0 Å². The zero-order valence-corrected chi connectivity index (χ0v) is 15.7. The maximum absolute atomic E-state index is 11.4. The van der Waals surface area contributed by atoms with E-state index in [-0.39, 0.29) is 12.3 Å². The van der Waals surface area contributed by atoms with E-state index < -0.39 is 5.97 Å².